The van der Waals surface area contributed by atoms with Crippen molar-refractivity contribution in [1.82, 2.24) is 19.8 Å². The standard InChI is InChI=1S/C30H36N4O4/c1-33-24-12-4-3-11-23(24)32-27(28(33)36)29(37)34-18-16-30(17-19-34)15-7-6-10-22-9-2-5-13-25(22)38-20-8-14-26(35)31-21-30/h2-5,9,11-13H,6-8,10,14-21H2,1H3,(H,31,35). The fraction of sp³-hybridized carbons (Fsp3) is 0.467. The molecule has 200 valence electrons. The van der Waals surface area contributed by atoms with Gasteiger partial charge >= 0.3 is 0 Å². The molecule has 8 nitrogen and oxygen atoms in total. The number of ether oxygens (including phenoxy) is 1. The Labute approximate surface area is 223 Å². The predicted molar refractivity (Wildman–Crippen MR) is 146 cm³/mol. The van der Waals surface area contributed by atoms with Crippen LogP contribution < -0.4 is 15.6 Å². The number of aryl methyl sites for hydroxylation is 2. The quantitative estimate of drug-likeness (QED) is 0.530. The second-order valence-corrected chi connectivity index (χ2v) is 10.6. The molecular weight excluding hydrogens is 480 g/mol. The maximum absolute atomic E-state index is 13.4. The van der Waals surface area contributed by atoms with Gasteiger partial charge in [0, 0.05) is 33.1 Å². The minimum Gasteiger partial charge on any atom is -0.493 e. The van der Waals surface area contributed by atoms with Crippen molar-refractivity contribution in [3.8, 4) is 5.75 Å². The number of hydrogen-bond acceptors (Lipinski definition) is 5. The number of nitrogens with zero attached hydrogens (tertiary/aromatic N) is 3. The van der Waals surface area contributed by atoms with E-state index >= 15 is 0 Å². The molecule has 2 aliphatic rings. The monoisotopic (exact) mass is 516 g/mol. The molecule has 0 atom stereocenters. The second-order valence-electron chi connectivity index (χ2n) is 10.6. The summed E-state index contributed by atoms with van der Waals surface area (Å²) in [6, 6.07) is 15.5. The number of aromatic nitrogens is 2. The summed E-state index contributed by atoms with van der Waals surface area (Å²) in [4.78, 5) is 45.1. The molecular formula is C30H36N4O4. The van der Waals surface area contributed by atoms with Crippen LogP contribution in [0.4, 0.5) is 0 Å². The number of likely N-dealkylation sites (tertiary alicyclic amines) is 1. The lowest BCUT2D eigenvalue weighted by Gasteiger charge is -2.42. The fourth-order valence-electron chi connectivity index (χ4n) is 5.72. The van der Waals surface area contributed by atoms with Crippen molar-refractivity contribution in [3.05, 3.63) is 70.1 Å². The second kappa shape index (κ2) is 11.4. The first kappa shape index (κ1) is 25.9. The molecule has 3 aromatic rings. The van der Waals surface area contributed by atoms with Gasteiger partial charge in [-0.25, -0.2) is 4.98 Å². The summed E-state index contributed by atoms with van der Waals surface area (Å²) in [5.41, 5.74) is 2.09. The minimum absolute atomic E-state index is 0.0256. The highest BCUT2D eigenvalue weighted by atomic mass is 16.5. The van der Waals surface area contributed by atoms with Gasteiger partial charge in [-0.1, -0.05) is 36.8 Å². The van der Waals surface area contributed by atoms with Gasteiger partial charge in [0.25, 0.3) is 11.5 Å². The molecule has 5 rings (SSSR count). The summed E-state index contributed by atoms with van der Waals surface area (Å²) in [6.07, 6.45) is 6.68. The van der Waals surface area contributed by atoms with E-state index in [0.717, 1.165) is 44.3 Å². The zero-order valence-corrected chi connectivity index (χ0v) is 22.1. The Kier molecular flexibility index (Phi) is 7.77. The van der Waals surface area contributed by atoms with Gasteiger partial charge in [0.05, 0.1) is 17.6 Å². The predicted octanol–water partition coefficient (Wildman–Crippen LogP) is 3.86. The number of para-hydroxylation sites is 3. The van der Waals surface area contributed by atoms with Gasteiger partial charge in [-0.15, -0.1) is 0 Å². The smallest absolute Gasteiger partial charge is 0.282 e. The van der Waals surface area contributed by atoms with E-state index < -0.39 is 0 Å². The molecule has 2 aromatic carbocycles. The lowest BCUT2D eigenvalue weighted by atomic mass is 9.74. The van der Waals surface area contributed by atoms with Crippen molar-refractivity contribution in [2.45, 2.75) is 51.4 Å². The largest absolute Gasteiger partial charge is 0.493 e. The number of carbonyl (C=O) groups is 2. The number of carbonyl (C=O) groups excluding carboxylic acids is 2. The molecule has 0 aliphatic carbocycles. The van der Waals surface area contributed by atoms with Gasteiger partial charge in [-0.3, -0.25) is 14.4 Å². The van der Waals surface area contributed by atoms with Crippen LogP contribution >= 0.6 is 0 Å². The van der Waals surface area contributed by atoms with Crippen LogP contribution in [0, 0.1) is 5.41 Å². The Morgan fingerprint density at radius 3 is 2.55 bits per heavy atom. The number of benzene rings is 2. The Balaban J connectivity index is 1.29. The summed E-state index contributed by atoms with van der Waals surface area (Å²) < 4.78 is 7.45. The molecule has 2 amide bonds. The molecule has 1 saturated heterocycles. The molecule has 8 heteroatoms. The number of amides is 2. The molecule has 1 spiro atoms. The number of hydrogen-bond donors (Lipinski definition) is 1. The minimum atomic E-state index is -0.372. The molecule has 0 radical (unpaired) electrons. The van der Waals surface area contributed by atoms with Gasteiger partial charge in [0.15, 0.2) is 5.69 Å². The van der Waals surface area contributed by atoms with Crippen LogP contribution in [0.5, 0.6) is 5.75 Å². The average molecular weight is 517 g/mol. The maximum Gasteiger partial charge on any atom is 0.282 e. The summed E-state index contributed by atoms with van der Waals surface area (Å²) in [5, 5.41) is 3.17. The Morgan fingerprint density at radius 1 is 0.947 bits per heavy atom. The third-order valence-electron chi connectivity index (χ3n) is 8.14. The lowest BCUT2D eigenvalue weighted by molar-refractivity contribution is -0.122. The third kappa shape index (κ3) is 5.59. The van der Waals surface area contributed by atoms with Crippen molar-refractivity contribution in [3.63, 3.8) is 0 Å². The fourth-order valence-corrected chi connectivity index (χ4v) is 5.72. The Bertz CT molecular complexity index is 1370. The van der Waals surface area contributed by atoms with Crippen molar-refractivity contribution >= 4 is 22.8 Å². The molecule has 0 unspecified atom stereocenters. The van der Waals surface area contributed by atoms with E-state index in [-0.39, 0.29) is 28.5 Å². The van der Waals surface area contributed by atoms with Crippen molar-refractivity contribution in [1.29, 1.82) is 0 Å². The Hall–Kier alpha value is -3.68. The van der Waals surface area contributed by atoms with Crippen LogP contribution in [0.3, 0.4) is 0 Å². The van der Waals surface area contributed by atoms with Crippen molar-refractivity contribution in [2.24, 2.45) is 12.5 Å². The average Bonchev–Trinajstić information content (AvgIpc) is 2.94. The van der Waals surface area contributed by atoms with Gasteiger partial charge < -0.3 is 19.5 Å². The van der Waals surface area contributed by atoms with Gasteiger partial charge in [-0.2, -0.15) is 0 Å². The zero-order valence-electron chi connectivity index (χ0n) is 22.1. The first-order valence-corrected chi connectivity index (χ1v) is 13.7. The first-order valence-electron chi connectivity index (χ1n) is 13.7. The third-order valence-corrected chi connectivity index (χ3v) is 8.14. The van der Waals surface area contributed by atoms with Crippen molar-refractivity contribution in [2.75, 3.05) is 26.2 Å². The van der Waals surface area contributed by atoms with E-state index in [1.165, 1.54) is 10.1 Å². The van der Waals surface area contributed by atoms with Crippen LogP contribution in [0.2, 0.25) is 0 Å². The van der Waals surface area contributed by atoms with E-state index in [4.69, 9.17) is 4.74 Å². The van der Waals surface area contributed by atoms with Gasteiger partial charge in [-0.05, 0) is 67.7 Å². The summed E-state index contributed by atoms with van der Waals surface area (Å²) in [5.74, 6) is 0.647. The number of rotatable bonds is 1. The zero-order chi connectivity index (χ0) is 26.5. The lowest BCUT2D eigenvalue weighted by Crippen LogP contribution is -2.49. The van der Waals surface area contributed by atoms with Gasteiger partial charge in [0.2, 0.25) is 5.91 Å². The topological polar surface area (TPSA) is 93.5 Å². The van der Waals surface area contributed by atoms with E-state index in [2.05, 4.69) is 16.4 Å². The van der Waals surface area contributed by atoms with E-state index in [1.54, 1.807) is 11.9 Å². The number of piperidine rings is 1. The van der Waals surface area contributed by atoms with Crippen molar-refractivity contribution < 1.29 is 14.3 Å². The first-order chi connectivity index (χ1) is 18.5. The molecule has 38 heavy (non-hydrogen) atoms. The summed E-state index contributed by atoms with van der Waals surface area (Å²) in [6.45, 7) is 2.22. The normalized spacial score (nSPS) is 18.8. The van der Waals surface area contributed by atoms with E-state index in [9.17, 15) is 14.4 Å². The Morgan fingerprint density at radius 2 is 1.71 bits per heavy atom. The van der Waals surface area contributed by atoms with Crippen LogP contribution in [0.1, 0.15) is 61.0 Å². The molecule has 0 saturated carbocycles. The summed E-state index contributed by atoms with van der Waals surface area (Å²) in [7, 11) is 1.68. The van der Waals surface area contributed by atoms with Crippen LogP contribution in [0.25, 0.3) is 11.0 Å². The highest BCUT2D eigenvalue weighted by molar-refractivity contribution is 5.94. The highest BCUT2D eigenvalue weighted by Gasteiger charge is 2.37. The van der Waals surface area contributed by atoms with E-state index in [0.29, 0.717) is 50.1 Å². The summed E-state index contributed by atoms with van der Waals surface area (Å²) >= 11 is 0. The number of fused-ring (bicyclic) bond motifs is 2. The molecule has 2 aliphatic heterocycles. The van der Waals surface area contributed by atoms with Crippen LogP contribution in [-0.2, 0) is 18.3 Å². The van der Waals surface area contributed by atoms with Crippen LogP contribution in [0.15, 0.2) is 53.3 Å². The molecule has 1 N–H and O–H groups in total. The maximum atomic E-state index is 13.4. The highest BCUT2D eigenvalue weighted by Crippen LogP contribution is 2.37. The molecule has 3 heterocycles. The molecule has 1 aromatic heterocycles. The van der Waals surface area contributed by atoms with E-state index in [1.807, 2.05) is 42.5 Å². The molecule has 0 bridgehead atoms. The molecule has 1 fully saturated rings. The van der Waals surface area contributed by atoms with Gasteiger partial charge in [0.1, 0.15) is 5.75 Å². The van der Waals surface area contributed by atoms with Crippen LogP contribution in [-0.4, -0.2) is 52.5 Å². The SMILES string of the molecule is Cn1c(=O)c(C(=O)N2CCC3(CCCCc4ccccc4OCCCC(=O)NC3)CC2)nc2ccccc21. The number of nitrogens with one attached hydrogen (secondary N) is 1.